The van der Waals surface area contributed by atoms with Crippen LogP contribution in [0.2, 0.25) is 0 Å². The Labute approximate surface area is 73.0 Å². The molecule has 0 atom stereocenters. The molecule has 0 amide bonds. The van der Waals surface area contributed by atoms with Gasteiger partial charge in [0.1, 0.15) is 0 Å². The zero-order valence-electron chi connectivity index (χ0n) is 7.63. The molecule has 3 nitrogen and oxygen atoms in total. The molecule has 0 aromatic carbocycles. The first-order valence-corrected chi connectivity index (χ1v) is 3.84. The molecule has 12 heavy (non-hydrogen) atoms. The maximum atomic E-state index is 5.43. The molecule has 0 bridgehead atoms. The van der Waals surface area contributed by atoms with Gasteiger partial charge < -0.3 is 5.73 Å². The van der Waals surface area contributed by atoms with E-state index in [1.54, 1.807) is 13.1 Å². The lowest BCUT2D eigenvalue weighted by Gasteiger charge is -1.91. The molecule has 0 aliphatic rings. The summed E-state index contributed by atoms with van der Waals surface area (Å²) in [6.07, 6.45) is 3.10. The fourth-order valence-corrected chi connectivity index (χ4v) is 0.563. The minimum atomic E-state index is 0.386. The summed E-state index contributed by atoms with van der Waals surface area (Å²) in [6, 6.07) is 0. The zero-order chi connectivity index (χ0) is 9.40. The number of nitrogens with zero attached hydrogens (tertiary/aromatic N) is 2. The number of nitrogen functional groups attached to an aromatic ring is 1. The minimum absolute atomic E-state index is 0.386. The molecular formula is C9H13N3. The summed E-state index contributed by atoms with van der Waals surface area (Å²) in [7, 11) is 0. The number of nitrogens with two attached hydrogens (primary N) is 1. The van der Waals surface area contributed by atoms with E-state index in [2.05, 4.69) is 21.8 Å². The Balaban J connectivity index is 0.000000561. The predicted molar refractivity (Wildman–Crippen MR) is 50.3 cm³/mol. The second-order valence-electron chi connectivity index (χ2n) is 1.67. The van der Waals surface area contributed by atoms with E-state index >= 15 is 0 Å². The van der Waals surface area contributed by atoms with Crippen molar-refractivity contribution in [2.45, 2.75) is 20.8 Å². The molecule has 2 N–H and O–H groups in total. The van der Waals surface area contributed by atoms with Crippen LogP contribution in [0.15, 0.2) is 12.4 Å². The van der Waals surface area contributed by atoms with Crippen LogP contribution in [-0.4, -0.2) is 9.97 Å². The van der Waals surface area contributed by atoms with E-state index < -0.39 is 0 Å². The maximum Gasteiger partial charge on any atom is 0.158 e. The van der Waals surface area contributed by atoms with Crippen molar-refractivity contribution >= 4 is 5.82 Å². The molecule has 3 heteroatoms. The number of hydrogen-bond donors (Lipinski definition) is 1. The van der Waals surface area contributed by atoms with Crippen LogP contribution in [0.4, 0.5) is 5.82 Å². The van der Waals surface area contributed by atoms with Crippen LogP contribution in [0, 0.1) is 11.8 Å². The van der Waals surface area contributed by atoms with E-state index in [0.29, 0.717) is 11.5 Å². The van der Waals surface area contributed by atoms with Gasteiger partial charge in [-0.2, -0.15) is 0 Å². The highest BCUT2D eigenvalue weighted by molar-refractivity contribution is 5.44. The summed E-state index contributed by atoms with van der Waals surface area (Å²) in [6.45, 7) is 5.73. The highest BCUT2D eigenvalue weighted by Gasteiger charge is 1.92. The second kappa shape index (κ2) is 6.17. The van der Waals surface area contributed by atoms with Gasteiger partial charge >= 0.3 is 0 Å². The Morgan fingerprint density at radius 3 is 2.33 bits per heavy atom. The summed E-state index contributed by atoms with van der Waals surface area (Å²) in [5.41, 5.74) is 5.98. The van der Waals surface area contributed by atoms with E-state index in [1.165, 1.54) is 6.20 Å². The maximum absolute atomic E-state index is 5.43. The molecule has 0 fully saturated rings. The number of rotatable bonds is 0. The fourth-order valence-electron chi connectivity index (χ4n) is 0.563. The third-order valence-electron chi connectivity index (χ3n) is 0.970. The summed E-state index contributed by atoms with van der Waals surface area (Å²) in [5.74, 6) is 5.81. The summed E-state index contributed by atoms with van der Waals surface area (Å²) < 4.78 is 0. The van der Waals surface area contributed by atoms with Crippen molar-refractivity contribution in [2.75, 3.05) is 5.73 Å². The Bertz CT molecular complexity index is 283. The minimum Gasteiger partial charge on any atom is -0.381 e. The van der Waals surface area contributed by atoms with E-state index in [-0.39, 0.29) is 0 Å². The average molecular weight is 163 g/mol. The second-order valence-corrected chi connectivity index (χ2v) is 1.67. The smallest absolute Gasteiger partial charge is 0.158 e. The van der Waals surface area contributed by atoms with Crippen molar-refractivity contribution in [1.82, 2.24) is 9.97 Å². The molecule has 0 radical (unpaired) electrons. The topological polar surface area (TPSA) is 51.8 Å². The normalized spacial score (nSPS) is 7.25. The van der Waals surface area contributed by atoms with Crippen molar-refractivity contribution in [2.24, 2.45) is 0 Å². The lowest BCUT2D eigenvalue weighted by atomic mass is 10.4. The van der Waals surface area contributed by atoms with Gasteiger partial charge in [-0.05, 0) is 12.8 Å². The zero-order valence-corrected chi connectivity index (χ0v) is 7.63. The van der Waals surface area contributed by atoms with Crippen LogP contribution in [0.1, 0.15) is 26.5 Å². The van der Waals surface area contributed by atoms with Gasteiger partial charge in [-0.25, -0.2) is 9.97 Å². The third-order valence-corrected chi connectivity index (χ3v) is 0.970. The molecule has 1 aromatic heterocycles. The van der Waals surface area contributed by atoms with E-state index in [9.17, 15) is 0 Å². The van der Waals surface area contributed by atoms with Gasteiger partial charge in [-0.3, -0.25) is 0 Å². The van der Waals surface area contributed by atoms with Gasteiger partial charge in [0.15, 0.2) is 11.5 Å². The number of aromatic nitrogens is 2. The summed E-state index contributed by atoms with van der Waals surface area (Å²) in [4.78, 5) is 7.72. The Morgan fingerprint density at radius 2 is 1.83 bits per heavy atom. The Kier molecular flexibility index (Phi) is 5.37. The van der Waals surface area contributed by atoms with Crippen LogP contribution >= 0.6 is 0 Å². The quantitative estimate of drug-likeness (QED) is 0.589. The van der Waals surface area contributed by atoms with Crippen LogP contribution in [0.5, 0.6) is 0 Å². The van der Waals surface area contributed by atoms with Gasteiger partial charge in [0.05, 0.1) is 0 Å². The lowest BCUT2D eigenvalue weighted by Crippen LogP contribution is -1.95. The van der Waals surface area contributed by atoms with Crippen molar-refractivity contribution in [3.63, 3.8) is 0 Å². The van der Waals surface area contributed by atoms with E-state index in [1.807, 2.05) is 13.8 Å². The highest BCUT2D eigenvalue weighted by Crippen LogP contribution is 1.98. The first-order chi connectivity index (χ1) is 5.84. The molecule has 1 rings (SSSR count). The fraction of sp³-hybridized carbons (Fsp3) is 0.333. The SMILES string of the molecule is CC.CC#Cc1nccnc1N. The van der Waals surface area contributed by atoms with Crippen molar-refractivity contribution < 1.29 is 0 Å². The monoisotopic (exact) mass is 163 g/mol. The van der Waals surface area contributed by atoms with Crippen LogP contribution in [-0.2, 0) is 0 Å². The van der Waals surface area contributed by atoms with Crippen molar-refractivity contribution in [3.8, 4) is 11.8 Å². The summed E-state index contributed by atoms with van der Waals surface area (Å²) in [5, 5.41) is 0. The molecule has 0 saturated carbocycles. The number of anilines is 1. The van der Waals surface area contributed by atoms with Gasteiger partial charge in [0, 0.05) is 12.4 Å². The average Bonchev–Trinajstić information content (AvgIpc) is 2.13. The van der Waals surface area contributed by atoms with Gasteiger partial charge in [-0.1, -0.05) is 19.8 Å². The number of hydrogen-bond acceptors (Lipinski definition) is 3. The molecular weight excluding hydrogens is 150 g/mol. The van der Waals surface area contributed by atoms with Crippen LogP contribution in [0.3, 0.4) is 0 Å². The standard InChI is InChI=1S/C7H7N3.C2H6/c1-2-3-6-7(8)10-5-4-9-6;1-2/h4-5H,1H3,(H2,8,10);1-2H3. The lowest BCUT2D eigenvalue weighted by molar-refractivity contribution is 1.18. The first kappa shape index (κ1) is 10.4. The molecule has 0 unspecified atom stereocenters. The Morgan fingerprint density at radius 1 is 1.25 bits per heavy atom. The third kappa shape index (κ3) is 3.02. The molecule has 1 aromatic rings. The molecule has 0 saturated heterocycles. The van der Waals surface area contributed by atoms with Crippen LogP contribution in [0.25, 0.3) is 0 Å². The van der Waals surface area contributed by atoms with Crippen molar-refractivity contribution in [1.29, 1.82) is 0 Å². The van der Waals surface area contributed by atoms with E-state index in [4.69, 9.17) is 5.73 Å². The van der Waals surface area contributed by atoms with Gasteiger partial charge in [0.25, 0.3) is 0 Å². The first-order valence-electron chi connectivity index (χ1n) is 3.84. The molecule has 0 aliphatic carbocycles. The Hall–Kier alpha value is -1.56. The summed E-state index contributed by atoms with van der Waals surface area (Å²) >= 11 is 0. The van der Waals surface area contributed by atoms with Gasteiger partial charge in [0.2, 0.25) is 0 Å². The molecule has 1 heterocycles. The largest absolute Gasteiger partial charge is 0.381 e. The van der Waals surface area contributed by atoms with Crippen LogP contribution < -0.4 is 5.73 Å². The molecule has 0 aliphatic heterocycles. The van der Waals surface area contributed by atoms with Gasteiger partial charge in [-0.15, -0.1) is 0 Å². The predicted octanol–water partition coefficient (Wildman–Crippen LogP) is 1.46. The van der Waals surface area contributed by atoms with E-state index in [0.717, 1.165) is 0 Å². The highest BCUT2D eigenvalue weighted by atomic mass is 14.9. The molecule has 0 spiro atoms. The molecule has 64 valence electrons. The van der Waals surface area contributed by atoms with Crippen molar-refractivity contribution in [3.05, 3.63) is 18.1 Å².